The first kappa shape index (κ1) is 15.1. The van der Waals surface area contributed by atoms with Crippen LogP contribution in [0.3, 0.4) is 0 Å². The van der Waals surface area contributed by atoms with Crippen LogP contribution in [-0.2, 0) is 6.54 Å². The summed E-state index contributed by atoms with van der Waals surface area (Å²) in [5, 5.41) is 16.5. The van der Waals surface area contributed by atoms with Gasteiger partial charge in [0, 0.05) is 23.7 Å². The van der Waals surface area contributed by atoms with E-state index in [-0.39, 0.29) is 11.9 Å². The van der Waals surface area contributed by atoms with Crippen molar-refractivity contribution < 1.29 is 9.50 Å². The van der Waals surface area contributed by atoms with E-state index in [4.69, 9.17) is 0 Å². The fraction of sp³-hybridized carbons (Fsp3) is 0.400. The summed E-state index contributed by atoms with van der Waals surface area (Å²) in [6.45, 7) is 4.70. The lowest BCUT2D eigenvalue weighted by Gasteiger charge is -2.17. The maximum atomic E-state index is 12.8. The maximum Gasteiger partial charge on any atom is 0.123 e. The Balaban J connectivity index is 1.81. The zero-order valence-corrected chi connectivity index (χ0v) is 12.5. The summed E-state index contributed by atoms with van der Waals surface area (Å²) in [6.07, 6.45) is -0.00756. The first-order chi connectivity index (χ1) is 9.54. The summed E-state index contributed by atoms with van der Waals surface area (Å²) in [7, 11) is 0. The third kappa shape index (κ3) is 4.37. The molecule has 1 aromatic heterocycles. The third-order valence-electron chi connectivity index (χ3n) is 3.10. The second-order valence-electron chi connectivity index (χ2n) is 4.97. The highest BCUT2D eigenvalue weighted by Gasteiger charge is 2.12. The van der Waals surface area contributed by atoms with Gasteiger partial charge in [-0.15, -0.1) is 11.3 Å². The molecule has 1 aromatic carbocycles. The van der Waals surface area contributed by atoms with Gasteiger partial charge in [-0.2, -0.15) is 0 Å². The molecule has 0 aliphatic heterocycles. The number of thiazole rings is 1. The number of hydrogen-bond acceptors (Lipinski definition) is 4. The number of aryl methyl sites for hydroxylation is 1. The number of aliphatic hydroxyl groups excluding tert-OH is 1. The van der Waals surface area contributed by atoms with Gasteiger partial charge in [-0.25, -0.2) is 9.37 Å². The standard InChI is InChI=1S/C15H19FN2OS/c1-10(17-8-15-18-11(2)9-20-15)7-14(19)12-3-5-13(16)6-4-12/h3-6,9-10,14,17,19H,7-8H2,1-2H3/t10-,14+/m1/s1. The number of benzene rings is 1. The normalized spacial score (nSPS) is 14.2. The summed E-state index contributed by atoms with van der Waals surface area (Å²) in [5.41, 5.74) is 1.77. The van der Waals surface area contributed by atoms with Crippen molar-refractivity contribution >= 4 is 11.3 Å². The summed E-state index contributed by atoms with van der Waals surface area (Å²) >= 11 is 1.63. The van der Waals surface area contributed by atoms with Gasteiger partial charge in [0.1, 0.15) is 10.8 Å². The van der Waals surface area contributed by atoms with Gasteiger partial charge in [-0.05, 0) is 38.0 Å². The van der Waals surface area contributed by atoms with Gasteiger partial charge in [-0.1, -0.05) is 12.1 Å². The minimum Gasteiger partial charge on any atom is -0.388 e. The number of rotatable bonds is 6. The number of halogens is 1. The van der Waals surface area contributed by atoms with Crippen LogP contribution < -0.4 is 5.32 Å². The lowest BCUT2D eigenvalue weighted by atomic mass is 10.0. The van der Waals surface area contributed by atoms with Crippen molar-refractivity contribution in [2.24, 2.45) is 0 Å². The minimum atomic E-state index is -0.587. The van der Waals surface area contributed by atoms with Gasteiger partial charge in [0.05, 0.1) is 6.10 Å². The SMILES string of the molecule is Cc1csc(CN[C@H](C)C[C@H](O)c2ccc(F)cc2)n1. The van der Waals surface area contributed by atoms with Crippen molar-refractivity contribution in [1.29, 1.82) is 0 Å². The van der Waals surface area contributed by atoms with Crippen LogP contribution in [0.15, 0.2) is 29.6 Å². The van der Waals surface area contributed by atoms with E-state index >= 15 is 0 Å². The molecule has 2 N–H and O–H groups in total. The molecule has 0 aliphatic carbocycles. The fourth-order valence-electron chi connectivity index (χ4n) is 1.98. The Morgan fingerprint density at radius 2 is 2.05 bits per heavy atom. The lowest BCUT2D eigenvalue weighted by molar-refractivity contribution is 0.153. The van der Waals surface area contributed by atoms with Crippen molar-refractivity contribution in [2.45, 2.75) is 39.0 Å². The Morgan fingerprint density at radius 1 is 1.35 bits per heavy atom. The van der Waals surface area contributed by atoms with Gasteiger partial charge < -0.3 is 10.4 Å². The molecule has 0 unspecified atom stereocenters. The quantitative estimate of drug-likeness (QED) is 0.860. The van der Waals surface area contributed by atoms with Crippen LogP contribution in [0.4, 0.5) is 4.39 Å². The molecular formula is C15H19FN2OS. The average molecular weight is 294 g/mol. The van der Waals surface area contributed by atoms with Gasteiger partial charge in [0.25, 0.3) is 0 Å². The monoisotopic (exact) mass is 294 g/mol. The van der Waals surface area contributed by atoms with E-state index in [1.165, 1.54) is 12.1 Å². The first-order valence-electron chi connectivity index (χ1n) is 6.62. The van der Waals surface area contributed by atoms with Crippen molar-refractivity contribution in [3.8, 4) is 0 Å². The number of nitrogens with zero attached hydrogens (tertiary/aromatic N) is 1. The summed E-state index contributed by atoms with van der Waals surface area (Å²) < 4.78 is 12.8. The molecule has 1 heterocycles. The van der Waals surface area contributed by atoms with E-state index in [0.717, 1.165) is 16.3 Å². The predicted molar refractivity (Wildman–Crippen MR) is 79.1 cm³/mol. The van der Waals surface area contributed by atoms with Crippen molar-refractivity contribution in [2.75, 3.05) is 0 Å². The predicted octanol–water partition coefficient (Wildman–Crippen LogP) is 3.19. The third-order valence-corrected chi connectivity index (χ3v) is 4.07. The fourth-order valence-corrected chi connectivity index (χ4v) is 2.71. The molecular weight excluding hydrogens is 275 g/mol. The van der Waals surface area contributed by atoms with E-state index in [0.29, 0.717) is 13.0 Å². The Labute approximate surface area is 122 Å². The topological polar surface area (TPSA) is 45.1 Å². The van der Waals surface area contributed by atoms with E-state index in [1.807, 2.05) is 19.2 Å². The molecule has 2 aromatic rings. The molecule has 3 nitrogen and oxygen atoms in total. The molecule has 0 saturated heterocycles. The molecule has 0 aliphatic rings. The van der Waals surface area contributed by atoms with Crippen LogP contribution in [-0.4, -0.2) is 16.1 Å². The molecule has 2 atom stereocenters. The molecule has 2 rings (SSSR count). The molecule has 0 fully saturated rings. The highest BCUT2D eigenvalue weighted by molar-refractivity contribution is 7.09. The Kier molecular flexibility index (Phi) is 5.23. The zero-order valence-electron chi connectivity index (χ0n) is 11.6. The van der Waals surface area contributed by atoms with Crippen LogP contribution in [0.1, 0.15) is 35.7 Å². The van der Waals surface area contributed by atoms with Gasteiger partial charge in [0.15, 0.2) is 0 Å². The van der Waals surface area contributed by atoms with Gasteiger partial charge >= 0.3 is 0 Å². The number of aliphatic hydroxyl groups is 1. The largest absolute Gasteiger partial charge is 0.388 e. The highest BCUT2D eigenvalue weighted by atomic mass is 32.1. The second kappa shape index (κ2) is 6.92. The number of nitrogens with one attached hydrogen (secondary N) is 1. The van der Waals surface area contributed by atoms with Crippen LogP contribution in [0.2, 0.25) is 0 Å². The van der Waals surface area contributed by atoms with Crippen LogP contribution in [0, 0.1) is 12.7 Å². The van der Waals surface area contributed by atoms with E-state index in [2.05, 4.69) is 10.3 Å². The highest BCUT2D eigenvalue weighted by Crippen LogP contribution is 2.19. The molecule has 0 bridgehead atoms. The van der Waals surface area contributed by atoms with Crippen molar-refractivity contribution in [3.63, 3.8) is 0 Å². The summed E-state index contributed by atoms with van der Waals surface area (Å²) in [5.74, 6) is -0.286. The number of aromatic nitrogens is 1. The molecule has 0 saturated carbocycles. The maximum absolute atomic E-state index is 12.8. The molecule has 0 radical (unpaired) electrons. The summed E-state index contributed by atoms with van der Waals surface area (Å²) in [4.78, 5) is 4.38. The van der Waals surface area contributed by atoms with Crippen molar-refractivity contribution in [3.05, 3.63) is 51.7 Å². The Hall–Kier alpha value is -1.30. The average Bonchev–Trinajstić information content (AvgIpc) is 2.83. The first-order valence-corrected chi connectivity index (χ1v) is 7.50. The molecule has 0 spiro atoms. The van der Waals surface area contributed by atoms with Crippen LogP contribution in [0.5, 0.6) is 0 Å². The van der Waals surface area contributed by atoms with Crippen LogP contribution in [0.25, 0.3) is 0 Å². The Bertz CT molecular complexity index is 541. The number of hydrogen-bond donors (Lipinski definition) is 2. The second-order valence-corrected chi connectivity index (χ2v) is 5.91. The molecule has 108 valence electrons. The summed E-state index contributed by atoms with van der Waals surface area (Å²) in [6, 6.07) is 6.14. The zero-order chi connectivity index (χ0) is 14.5. The van der Waals surface area contributed by atoms with Crippen LogP contribution >= 0.6 is 11.3 Å². The van der Waals surface area contributed by atoms with E-state index in [1.54, 1.807) is 23.5 Å². The lowest BCUT2D eigenvalue weighted by Crippen LogP contribution is -2.27. The van der Waals surface area contributed by atoms with Crippen molar-refractivity contribution in [1.82, 2.24) is 10.3 Å². The van der Waals surface area contributed by atoms with Gasteiger partial charge in [-0.3, -0.25) is 0 Å². The van der Waals surface area contributed by atoms with Gasteiger partial charge in [0.2, 0.25) is 0 Å². The van der Waals surface area contributed by atoms with E-state index in [9.17, 15) is 9.50 Å². The molecule has 0 amide bonds. The molecule has 5 heteroatoms. The Morgan fingerprint density at radius 3 is 2.65 bits per heavy atom. The van der Waals surface area contributed by atoms with E-state index < -0.39 is 6.10 Å². The smallest absolute Gasteiger partial charge is 0.123 e. The minimum absolute atomic E-state index is 0.152. The molecule has 20 heavy (non-hydrogen) atoms.